The van der Waals surface area contributed by atoms with Crippen molar-refractivity contribution in [1.82, 2.24) is 0 Å². The number of rotatable bonds is 14. The highest BCUT2D eigenvalue weighted by molar-refractivity contribution is 7.82. The summed E-state index contributed by atoms with van der Waals surface area (Å²) < 4.78 is 79.3. The van der Waals surface area contributed by atoms with Gasteiger partial charge in [-0.1, -0.05) is 12.1 Å². The van der Waals surface area contributed by atoms with E-state index in [1.165, 1.54) is 38.5 Å². The molecule has 5 atom stereocenters. The molecule has 1 heterocycles. The normalized spacial score (nSPS) is 20.5. The van der Waals surface area contributed by atoms with Gasteiger partial charge < -0.3 is 46.3 Å². The maximum Gasteiger partial charge on any atom is 0.501 e. The molecule has 2 aromatic carbocycles. The third kappa shape index (κ3) is 9.94. The van der Waals surface area contributed by atoms with Gasteiger partial charge in [0.05, 0.1) is 19.8 Å². The van der Waals surface area contributed by atoms with Gasteiger partial charge in [0.1, 0.15) is 24.2 Å². The molecule has 1 saturated heterocycles. The van der Waals surface area contributed by atoms with E-state index in [1.54, 1.807) is 0 Å². The van der Waals surface area contributed by atoms with Crippen LogP contribution in [0.25, 0.3) is 0 Å². The molecule has 1 fully saturated rings. The lowest BCUT2D eigenvalue weighted by molar-refractivity contribution is -0.288. The molecule has 0 radical (unpaired) electrons. The van der Waals surface area contributed by atoms with E-state index in [0.717, 1.165) is 39.8 Å². The number of carbonyl (C=O) groups is 5. The van der Waals surface area contributed by atoms with Gasteiger partial charge in [0.15, 0.2) is 35.7 Å². The van der Waals surface area contributed by atoms with Crippen molar-refractivity contribution in [3.8, 4) is 28.7 Å². The van der Waals surface area contributed by atoms with E-state index >= 15 is 0 Å². The van der Waals surface area contributed by atoms with Gasteiger partial charge in [-0.15, -0.1) is 8.42 Å². The fourth-order valence-electron chi connectivity index (χ4n) is 4.35. The molecule has 18 heteroatoms. The quantitative estimate of drug-likeness (QED) is 0.157. The summed E-state index contributed by atoms with van der Waals surface area (Å²) in [5, 5.41) is 0. The maximum atomic E-state index is 13.0. The maximum absolute atomic E-state index is 13.0. The molecule has 0 amide bonds. The number of ether oxygens (including phenoxy) is 8. The second-order valence-electron chi connectivity index (χ2n) is 9.57. The van der Waals surface area contributed by atoms with Crippen molar-refractivity contribution in [2.45, 2.75) is 58.4 Å². The zero-order chi connectivity index (χ0) is 34.9. The van der Waals surface area contributed by atoms with Gasteiger partial charge in [-0.2, -0.15) is 0 Å². The van der Waals surface area contributed by atoms with E-state index in [9.17, 15) is 32.4 Å². The average Bonchev–Trinajstić information content (AvgIpc) is 2.98. The first-order valence-corrected chi connectivity index (χ1v) is 14.9. The van der Waals surface area contributed by atoms with Crippen LogP contribution in [0.3, 0.4) is 0 Å². The second-order valence-corrected chi connectivity index (χ2v) is 10.7. The van der Waals surface area contributed by atoms with Crippen LogP contribution in [0.1, 0.15) is 38.1 Å². The predicted octanol–water partition coefficient (Wildman–Crippen LogP) is 1.68. The van der Waals surface area contributed by atoms with Crippen LogP contribution < -0.4 is 22.6 Å². The molecule has 0 spiro atoms. The third-order valence-electron chi connectivity index (χ3n) is 6.07. The summed E-state index contributed by atoms with van der Waals surface area (Å²) in [5.74, 6) is -4.45. The van der Waals surface area contributed by atoms with Gasteiger partial charge >= 0.3 is 34.3 Å². The minimum atomic E-state index is -4.92. The van der Waals surface area contributed by atoms with E-state index in [4.69, 9.17) is 46.3 Å². The summed E-state index contributed by atoms with van der Waals surface area (Å²) in [7, 11) is -2.43. The van der Waals surface area contributed by atoms with Crippen LogP contribution in [0.2, 0.25) is 0 Å². The summed E-state index contributed by atoms with van der Waals surface area (Å²) >= 11 is 0. The fraction of sp³-hybridized carbons (Fsp3) is 0.414. The molecule has 1 aliphatic heterocycles. The number of benzene rings is 2. The largest absolute Gasteiger partial charge is 0.501 e. The smallest absolute Gasteiger partial charge is 0.496 e. The highest BCUT2D eigenvalue weighted by Gasteiger charge is 2.53. The van der Waals surface area contributed by atoms with Crippen LogP contribution in [0.15, 0.2) is 36.4 Å². The molecule has 2 aromatic rings. The highest BCUT2D eigenvalue weighted by atomic mass is 32.3. The molecule has 0 saturated carbocycles. The Morgan fingerprint density at radius 3 is 1.79 bits per heavy atom. The van der Waals surface area contributed by atoms with Crippen LogP contribution in [0.4, 0.5) is 0 Å². The van der Waals surface area contributed by atoms with Crippen molar-refractivity contribution in [2.75, 3.05) is 20.8 Å². The first-order valence-electron chi connectivity index (χ1n) is 13.6. The fourth-order valence-corrected chi connectivity index (χ4v) is 5.07. The highest BCUT2D eigenvalue weighted by Crippen LogP contribution is 2.37. The Bertz CT molecular complexity index is 1560. The topological polar surface area (TPSA) is 212 Å². The SMILES string of the molecule is COc1cc(OS(=O)(=O)Oc2ccccc2OC2O[C@H](COC(C)=O)[C@H](OC(C)=O)[C@H](OC(C)=O)[C@@H]2OC(C)=O)cc(OC)c1C=O. The average molecular weight is 685 g/mol. The Labute approximate surface area is 269 Å². The molecular formula is C29H32O17S. The van der Waals surface area contributed by atoms with Crippen LogP contribution in [-0.4, -0.2) is 90.1 Å². The molecule has 47 heavy (non-hydrogen) atoms. The number of hydrogen-bond donors (Lipinski definition) is 0. The second kappa shape index (κ2) is 15.9. The van der Waals surface area contributed by atoms with E-state index in [1.807, 2.05) is 0 Å². The standard InChI is InChI=1S/C29H32O17S/c1-15(31)39-14-25-26(40-16(2)32)27(41-17(3)33)28(42-18(4)34)29(44-25)43-21-9-7-8-10-22(21)46-47(35,36)45-19-11-23(37-5)20(13-30)24(12-19)38-6/h7-13,25-29H,14H2,1-6H3/t25-,26+,27+,28+,29?/m1/s1. The van der Waals surface area contributed by atoms with E-state index in [0.29, 0.717) is 6.29 Å². The van der Waals surface area contributed by atoms with Gasteiger partial charge in [0.2, 0.25) is 12.4 Å². The van der Waals surface area contributed by atoms with Gasteiger partial charge in [-0.05, 0) is 12.1 Å². The lowest BCUT2D eigenvalue weighted by Crippen LogP contribution is -2.63. The number of carbonyl (C=O) groups excluding carboxylic acids is 5. The molecule has 0 N–H and O–H groups in total. The lowest BCUT2D eigenvalue weighted by Gasteiger charge is -2.43. The number of para-hydroxylation sites is 2. The third-order valence-corrected chi connectivity index (χ3v) is 6.85. The van der Waals surface area contributed by atoms with E-state index < -0.39 is 77.3 Å². The first kappa shape index (κ1) is 36.4. The Morgan fingerprint density at radius 2 is 1.28 bits per heavy atom. The minimum Gasteiger partial charge on any atom is -0.496 e. The Kier molecular flexibility index (Phi) is 12.3. The lowest BCUT2D eigenvalue weighted by atomic mass is 9.98. The van der Waals surface area contributed by atoms with Gasteiger partial charge in [0.25, 0.3) is 0 Å². The minimum absolute atomic E-state index is 0.00392. The monoisotopic (exact) mass is 684 g/mol. The Balaban J connectivity index is 1.99. The van der Waals surface area contributed by atoms with Crippen molar-refractivity contribution in [3.63, 3.8) is 0 Å². The summed E-state index contributed by atoms with van der Waals surface area (Å²) in [6.07, 6.45) is -7.16. The Hall–Kier alpha value is -5.10. The van der Waals surface area contributed by atoms with Gasteiger partial charge in [-0.25, -0.2) is 0 Å². The zero-order valence-corrected chi connectivity index (χ0v) is 26.8. The van der Waals surface area contributed by atoms with Crippen molar-refractivity contribution < 1.29 is 78.7 Å². The molecule has 0 aromatic heterocycles. The zero-order valence-electron chi connectivity index (χ0n) is 26.0. The summed E-state index contributed by atoms with van der Waals surface area (Å²) in [6.45, 7) is 3.75. The van der Waals surface area contributed by atoms with E-state index in [-0.39, 0.29) is 28.6 Å². The first-order chi connectivity index (χ1) is 22.2. The number of esters is 4. The summed E-state index contributed by atoms with van der Waals surface area (Å²) in [5.41, 5.74) is 0.00392. The van der Waals surface area contributed by atoms with Gasteiger partial charge in [-0.3, -0.25) is 24.0 Å². The molecule has 1 unspecified atom stereocenters. The van der Waals surface area contributed by atoms with Crippen molar-refractivity contribution >= 4 is 40.6 Å². The predicted molar refractivity (Wildman–Crippen MR) is 154 cm³/mol. The molecule has 0 aliphatic carbocycles. The summed E-state index contributed by atoms with van der Waals surface area (Å²) in [4.78, 5) is 59.2. The molecule has 1 aliphatic rings. The van der Waals surface area contributed by atoms with Crippen molar-refractivity contribution in [2.24, 2.45) is 0 Å². The summed E-state index contributed by atoms with van der Waals surface area (Å²) in [6, 6.07) is 7.53. The van der Waals surface area contributed by atoms with E-state index in [2.05, 4.69) is 0 Å². The molecule has 0 bridgehead atoms. The molecular weight excluding hydrogens is 652 g/mol. The van der Waals surface area contributed by atoms with Crippen LogP contribution in [-0.2, 0) is 53.3 Å². The Morgan fingerprint density at radius 1 is 0.745 bits per heavy atom. The van der Waals surface area contributed by atoms with Crippen LogP contribution in [0.5, 0.6) is 28.7 Å². The number of aldehydes is 1. The van der Waals surface area contributed by atoms with Crippen molar-refractivity contribution in [1.29, 1.82) is 0 Å². The van der Waals surface area contributed by atoms with Crippen LogP contribution in [0, 0.1) is 0 Å². The van der Waals surface area contributed by atoms with Gasteiger partial charge in [0, 0.05) is 39.8 Å². The number of methoxy groups -OCH3 is 2. The number of hydrogen-bond acceptors (Lipinski definition) is 17. The molecule has 3 rings (SSSR count). The van der Waals surface area contributed by atoms with Crippen molar-refractivity contribution in [3.05, 3.63) is 42.0 Å². The molecule has 17 nitrogen and oxygen atoms in total. The van der Waals surface area contributed by atoms with Crippen LogP contribution >= 0.6 is 0 Å². The molecule has 256 valence electrons.